The fraction of sp³-hybridized carbons (Fsp3) is 0.143. The number of methoxy groups -OCH3 is 1. The van der Waals surface area contributed by atoms with Crippen molar-refractivity contribution in [2.24, 2.45) is 0 Å². The van der Waals surface area contributed by atoms with Crippen molar-refractivity contribution in [2.75, 3.05) is 7.11 Å². The van der Waals surface area contributed by atoms with Gasteiger partial charge in [0, 0.05) is 25.3 Å². The Kier molecular flexibility index (Phi) is 3.97. The van der Waals surface area contributed by atoms with Crippen molar-refractivity contribution >= 4 is 5.97 Å². The second-order valence-corrected chi connectivity index (χ2v) is 3.68. The lowest BCUT2D eigenvalue weighted by Gasteiger charge is -2.11. The molecule has 1 heterocycles. The third-order valence-corrected chi connectivity index (χ3v) is 2.26. The molecule has 5 nitrogen and oxygen atoms in total. The van der Waals surface area contributed by atoms with Gasteiger partial charge in [-0.15, -0.1) is 0 Å². The minimum atomic E-state index is -0.431. The van der Waals surface area contributed by atoms with E-state index in [4.69, 9.17) is 14.2 Å². The summed E-state index contributed by atoms with van der Waals surface area (Å²) >= 11 is 0. The number of hydrogen-bond donors (Lipinski definition) is 0. The molecule has 0 amide bonds. The van der Waals surface area contributed by atoms with E-state index in [-0.39, 0.29) is 5.75 Å². The van der Waals surface area contributed by atoms with Crippen LogP contribution in [0.2, 0.25) is 0 Å². The number of ether oxygens (including phenoxy) is 3. The first kappa shape index (κ1) is 12.9. The zero-order valence-corrected chi connectivity index (χ0v) is 10.6. The summed E-state index contributed by atoms with van der Waals surface area (Å²) in [7, 11) is 1.53. The number of carbonyl (C=O) groups excluding carboxylic acids is 1. The molecule has 1 aromatic carbocycles. The summed E-state index contributed by atoms with van der Waals surface area (Å²) in [6.07, 6.45) is 1.62. The number of esters is 1. The second-order valence-electron chi connectivity index (χ2n) is 3.68. The van der Waals surface area contributed by atoms with Crippen molar-refractivity contribution in [2.45, 2.75) is 6.92 Å². The average molecular weight is 259 g/mol. The summed E-state index contributed by atoms with van der Waals surface area (Å²) in [5.41, 5.74) is 0. The Labute approximate surface area is 110 Å². The molecule has 0 aliphatic heterocycles. The number of nitrogens with zero attached hydrogens (tertiary/aromatic N) is 1. The molecule has 0 aliphatic rings. The first-order valence-corrected chi connectivity index (χ1v) is 5.64. The van der Waals surface area contributed by atoms with Gasteiger partial charge in [-0.25, -0.2) is 4.98 Å². The zero-order chi connectivity index (χ0) is 13.7. The molecule has 2 aromatic rings. The molecular weight excluding hydrogens is 246 g/mol. The van der Waals surface area contributed by atoms with Gasteiger partial charge in [0.2, 0.25) is 5.88 Å². The van der Waals surface area contributed by atoms with Crippen LogP contribution in [0.15, 0.2) is 42.6 Å². The summed E-state index contributed by atoms with van der Waals surface area (Å²) < 4.78 is 15.7. The maximum atomic E-state index is 11.1. The van der Waals surface area contributed by atoms with Crippen molar-refractivity contribution in [1.29, 1.82) is 0 Å². The van der Waals surface area contributed by atoms with Gasteiger partial charge in [-0.3, -0.25) is 4.79 Å². The molecule has 0 aliphatic carbocycles. The Balaban J connectivity index is 2.30. The van der Waals surface area contributed by atoms with Crippen molar-refractivity contribution in [1.82, 2.24) is 4.98 Å². The number of aromatic nitrogens is 1. The minimum Gasteiger partial charge on any atom is -0.497 e. The number of hydrogen-bond acceptors (Lipinski definition) is 5. The zero-order valence-electron chi connectivity index (χ0n) is 10.6. The lowest BCUT2D eigenvalue weighted by atomic mass is 10.3. The predicted molar refractivity (Wildman–Crippen MR) is 68.6 cm³/mol. The van der Waals surface area contributed by atoms with Gasteiger partial charge in [-0.2, -0.15) is 0 Å². The van der Waals surface area contributed by atoms with Gasteiger partial charge in [0.05, 0.1) is 7.11 Å². The highest BCUT2D eigenvalue weighted by Gasteiger charge is 2.10. The van der Waals surface area contributed by atoms with E-state index in [0.29, 0.717) is 17.4 Å². The van der Waals surface area contributed by atoms with Crippen molar-refractivity contribution in [3.05, 3.63) is 42.6 Å². The highest BCUT2D eigenvalue weighted by molar-refractivity contribution is 5.70. The van der Waals surface area contributed by atoms with E-state index >= 15 is 0 Å². The van der Waals surface area contributed by atoms with Crippen LogP contribution in [0, 0.1) is 0 Å². The molecule has 0 fully saturated rings. The molecule has 0 unspecified atom stereocenters. The summed E-state index contributed by atoms with van der Waals surface area (Å²) in [6, 6.07) is 10.3. The van der Waals surface area contributed by atoms with Crippen LogP contribution in [0.3, 0.4) is 0 Å². The van der Waals surface area contributed by atoms with E-state index in [1.807, 2.05) is 0 Å². The largest absolute Gasteiger partial charge is 0.497 e. The van der Waals surface area contributed by atoms with Gasteiger partial charge in [-0.1, -0.05) is 6.07 Å². The summed E-state index contributed by atoms with van der Waals surface area (Å²) in [5, 5.41) is 0. The number of rotatable bonds is 4. The SMILES string of the molecule is COc1ccc(Oc2ccccn2)c(OC(C)=O)c1. The van der Waals surface area contributed by atoms with E-state index in [1.54, 1.807) is 42.6 Å². The van der Waals surface area contributed by atoms with Crippen LogP contribution in [0.4, 0.5) is 0 Å². The van der Waals surface area contributed by atoms with Crippen LogP contribution in [-0.2, 0) is 4.79 Å². The molecule has 0 bridgehead atoms. The van der Waals surface area contributed by atoms with Gasteiger partial charge >= 0.3 is 5.97 Å². The van der Waals surface area contributed by atoms with Crippen LogP contribution in [0.5, 0.6) is 23.1 Å². The molecule has 0 saturated carbocycles. The fourth-order valence-corrected chi connectivity index (χ4v) is 1.45. The molecule has 2 rings (SSSR count). The first-order chi connectivity index (χ1) is 9.19. The van der Waals surface area contributed by atoms with Crippen molar-refractivity contribution in [3.63, 3.8) is 0 Å². The van der Waals surface area contributed by atoms with E-state index in [0.717, 1.165) is 0 Å². The Bertz CT molecular complexity index is 569. The molecule has 0 saturated heterocycles. The Morgan fingerprint density at radius 1 is 1.16 bits per heavy atom. The molecule has 0 N–H and O–H groups in total. The summed E-state index contributed by atoms with van der Waals surface area (Å²) in [5.74, 6) is 1.25. The molecule has 0 atom stereocenters. The molecule has 98 valence electrons. The Morgan fingerprint density at radius 2 is 2.00 bits per heavy atom. The average Bonchev–Trinajstić information content (AvgIpc) is 2.41. The first-order valence-electron chi connectivity index (χ1n) is 5.64. The molecular formula is C14H13NO4. The Morgan fingerprint density at radius 3 is 2.63 bits per heavy atom. The molecule has 5 heteroatoms. The number of benzene rings is 1. The predicted octanol–water partition coefficient (Wildman–Crippen LogP) is 2.81. The van der Waals surface area contributed by atoms with Crippen LogP contribution in [-0.4, -0.2) is 18.1 Å². The number of pyridine rings is 1. The van der Waals surface area contributed by atoms with Crippen LogP contribution >= 0.6 is 0 Å². The number of carbonyl (C=O) groups is 1. The van der Waals surface area contributed by atoms with Gasteiger partial charge in [0.15, 0.2) is 11.5 Å². The van der Waals surface area contributed by atoms with Crippen molar-refractivity contribution in [3.8, 4) is 23.1 Å². The summed E-state index contributed by atoms with van der Waals surface area (Å²) in [4.78, 5) is 15.1. The maximum absolute atomic E-state index is 11.1. The van der Waals surface area contributed by atoms with Gasteiger partial charge in [0.25, 0.3) is 0 Å². The highest BCUT2D eigenvalue weighted by atomic mass is 16.6. The monoisotopic (exact) mass is 259 g/mol. The van der Waals surface area contributed by atoms with Crippen LogP contribution in [0.1, 0.15) is 6.92 Å². The lowest BCUT2D eigenvalue weighted by molar-refractivity contribution is -0.132. The third-order valence-electron chi connectivity index (χ3n) is 2.26. The van der Waals surface area contributed by atoms with Gasteiger partial charge in [-0.05, 0) is 18.2 Å². The second kappa shape index (κ2) is 5.86. The standard InChI is InChI=1S/C14H13NO4/c1-10(16)18-13-9-11(17-2)6-7-12(13)19-14-5-3-4-8-15-14/h3-9H,1-2H3. The normalized spacial score (nSPS) is 9.79. The third kappa shape index (κ3) is 3.45. The fourth-order valence-electron chi connectivity index (χ4n) is 1.45. The van der Waals surface area contributed by atoms with Crippen molar-refractivity contribution < 1.29 is 19.0 Å². The molecule has 1 aromatic heterocycles. The van der Waals surface area contributed by atoms with E-state index in [2.05, 4.69) is 4.98 Å². The van der Waals surface area contributed by atoms with E-state index < -0.39 is 5.97 Å². The van der Waals surface area contributed by atoms with Crippen LogP contribution < -0.4 is 14.2 Å². The topological polar surface area (TPSA) is 57.6 Å². The Hall–Kier alpha value is -2.56. The van der Waals surface area contributed by atoms with E-state index in [1.165, 1.54) is 14.0 Å². The van der Waals surface area contributed by atoms with Gasteiger partial charge < -0.3 is 14.2 Å². The van der Waals surface area contributed by atoms with Gasteiger partial charge in [0.1, 0.15) is 5.75 Å². The highest BCUT2D eigenvalue weighted by Crippen LogP contribution is 2.34. The minimum absolute atomic E-state index is 0.289. The smallest absolute Gasteiger partial charge is 0.308 e. The molecule has 0 spiro atoms. The summed E-state index contributed by atoms with van der Waals surface area (Å²) in [6.45, 7) is 1.32. The van der Waals surface area contributed by atoms with E-state index in [9.17, 15) is 4.79 Å². The molecule has 0 radical (unpaired) electrons. The quantitative estimate of drug-likeness (QED) is 0.624. The molecule has 19 heavy (non-hydrogen) atoms. The van der Waals surface area contributed by atoms with Crippen LogP contribution in [0.25, 0.3) is 0 Å². The maximum Gasteiger partial charge on any atom is 0.308 e. The lowest BCUT2D eigenvalue weighted by Crippen LogP contribution is -2.03.